The van der Waals surface area contributed by atoms with Gasteiger partial charge in [-0.3, -0.25) is 0 Å². The molecule has 0 aliphatic heterocycles. The number of nitrogens with zero attached hydrogens (tertiary/aromatic N) is 1. The lowest BCUT2D eigenvalue weighted by Gasteiger charge is -2.13. The van der Waals surface area contributed by atoms with Crippen molar-refractivity contribution >= 4 is 12.6 Å². The zero-order valence-corrected chi connectivity index (χ0v) is 13.8. The number of methoxy groups -OCH3 is 1. The zero-order chi connectivity index (χ0) is 16.2. The topological polar surface area (TPSA) is 44.5 Å². The second kappa shape index (κ2) is 6.79. The van der Waals surface area contributed by atoms with Gasteiger partial charge in [0.2, 0.25) is 0 Å². The molecule has 1 aromatic heterocycles. The van der Waals surface area contributed by atoms with Crippen LogP contribution in [0.2, 0.25) is 0 Å². The molecule has 4 nitrogen and oxygen atoms in total. The maximum Gasteiger partial charge on any atom is 0.168 e. The van der Waals surface area contributed by atoms with Crippen molar-refractivity contribution in [1.82, 2.24) is 5.16 Å². The molecule has 3 rings (SSSR count). The summed E-state index contributed by atoms with van der Waals surface area (Å²) in [5.41, 5.74) is 2.72. The van der Waals surface area contributed by atoms with E-state index < -0.39 is 0 Å². The van der Waals surface area contributed by atoms with Crippen molar-refractivity contribution in [2.75, 3.05) is 7.11 Å². The highest BCUT2D eigenvalue weighted by Gasteiger charge is 2.14. The Morgan fingerprint density at radius 1 is 1.09 bits per heavy atom. The van der Waals surface area contributed by atoms with Crippen LogP contribution in [0.4, 0.5) is 0 Å². The van der Waals surface area contributed by atoms with Crippen LogP contribution in [0.15, 0.2) is 57.9 Å². The summed E-state index contributed by atoms with van der Waals surface area (Å²) in [5.74, 6) is 1.92. The van der Waals surface area contributed by atoms with Crippen LogP contribution in [0, 0.1) is 6.92 Å². The van der Waals surface area contributed by atoms with Gasteiger partial charge in [-0.25, -0.2) is 0 Å². The first-order valence-electron chi connectivity index (χ1n) is 7.19. The minimum absolute atomic E-state index is 0.456. The molecule has 0 bridgehead atoms. The van der Waals surface area contributed by atoms with Crippen molar-refractivity contribution in [3.8, 4) is 22.8 Å². The number of thiol groups is 1. The first-order chi connectivity index (χ1) is 11.2. The van der Waals surface area contributed by atoms with Crippen LogP contribution in [0.3, 0.4) is 0 Å². The lowest BCUT2D eigenvalue weighted by molar-refractivity contribution is 0.284. The standard InChI is InChI=1S/C18H17NO3S/c1-12-8-15(22-19-12)14-9-17(16(20-2)10-18(14)23)21-11-13-6-4-3-5-7-13/h3-10,23H,11H2,1-2H3. The van der Waals surface area contributed by atoms with Crippen LogP contribution in [0.5, 0.6) is 11.5 Å². The van der Waals surface area contributed by atoms with Crippen LogP contribution < -0.4 is 9.47 Å². The van der Waals surface area contributed by atoms with E-state index in [2.05, 4.69) is 17.8 Å². The molecule has 0 N–H and O–H groups in total. The van der Waals surface area contributed by atoms with E-state index in [1.54, 1.807) is 7.11 Å². The van der Waals surface area contributed by atoms with Crippen LogP contribution in [0.25, 0.3) is 11.3 Å². The Morgan fingerprint density at radius 3 is 2.52 bits per heavy atom. The lowest BCUT2D eigenvalue weighted by atomic mass is 10.1. The summed E-state index contributed by atoms with van der Waals surface area (Å²) >= 11 is 4.50. The third-order valence-electron chi connectivity index (χ3n) is 3.41. The Hall–Kier alpha value is -2.40. The molecule has 0 unspecified atom stereocenters. The second-order valence-electron chi connectivity index (χ2n) is 5.13. The first-order valence-corrected chi connectivity index (χ1v) is 7.63. The molecule has 23 heavy (non-hydrogen) atoms. The van der Waals surface area contributed by atoms with Crippen molar-refractivity contribution in [2.45, 2.75) is 18.4 Å². The fraction of sp³-hybridized carbons (Fsp3) is 0.167. The molecule has 0 aliphatic carbocycles. The number of aromatic nitrogens is 1. The van der Waals surface area contributed by atoms with Gasteiger partial charge in [0.15, 0.2) is 17.3 Å². The van der Waals surface area contributed by atoms with Crippen LogP contribution >= 0.6 is 12.6 Å². The molecule has 0 amide bonds. The summed E-state index contributed by atoms with van der Waals surface area (Å²) in [6.07, 6.45) is 0. The van der Waals surface area contributed by atoms with Gasteiger partial charge in [-0.1, -0.05) is 35.5 Å². The fourth-order valence-electron chi connectivity index (χ4n) is 2.24. The van der Waals surface area contributed by atoms with Gasteiger partial charge in [0.25, 0.3) is 0 Å². The van der Waals surface area contributed by atoms with E-state index in [1.807, 2.05) is 55.5 Å². The van der Waals surface area contributed by atoms with Crippen molar-refractivity contribution in [1.29, 1.82) is 0 Å². The van der Waals surface area contributed by atoms with Gasteiger partial charge in [0.05, 0.1) is 12.8 Å². The minimum atomic E-state index is 0.456. The Kier molecular flexibility index (Phi) is 4.57. The van der Waals surface area contributed by atoms with Gasteiger partial charge in [0.1, 0.15) is 6.61 Å². The summed E-state index contributed by atoms with van der Waals surface area (Å²) < 4.78 is 16.6. The van der Waals surface area contributed by atoms with E-state index in [9.17, 15) is 0 Å². The van der Waals surface area contributed by atoms with E-state index in [0.29, 0.717) is 23.9 Å². The summed E-state index contributed by atoms with van der Waals surface area (Å²) in [5, 5.41) is 3.92. The quantitative estimate of drug-likeness (QED) is 0.700. The predicted octanol–water partition coefficient (Wildman–Crippen LogP) is 4.53. The maximum absolute atomic E-state index is 5.92. The number of benzene rings is 2. The Labute approximate surface area is 140 Å². The molecule has 0 saturated heterocycles. The summed E-state index contributed by atoms with van der Waals surface area (Å²) in [6.45, 7) is 2.33. The van der Waals surface area contributed by atoms with Crippen LogP contribution in [-0.2, 0) is 6.61 Å². The minimum Gasteiger partial charge on any atom is -0.493 e. The van der Waals surface area contributed by atoms with E-state index >= 15 is 0 Å². The van der Waals surface area contributed by atoms with E-state index in [0.717, 1.165) is 21.7 Å². The fourth-order valence-corrected chi connectivity index (χ4v) is 2.54. The van der Waals surface area contributed by atoms with Crippen molar-refractivity contribution in [3.05, 3.63) is 59.8 Å². The molecule has 0 atom stereocenters. The zero-order valence-electron chi connectivity index (χ0n) is 12.9. The van der Waals surface area contributed by atoms with Gasteiger partial charge in [-0.15, -0.1) is 12.6 Å². The van der Waals surface area contributed by atoms with Crippen LogP contribution in [-0.4, -0.2) is 12.3 Å². The Balaban J connectivity index is 1.91. The van der Waals surface area contributed by atoms with Gasteiger partial charge >= 0.3 is 0 Å². The molecule has 0 aliphatic rings. The van der Waals surface area contributed by atoms with Crippen LogP contribution in [0.1, 0.15) is 11.3 Å². The van der Waals surface area contributed by atoms with E-state index in [1.165, 1.54) is 0 Å². The molecular weight excluding hydrogens is 310 g/mol. The number of ether oxygens (including phenoxy) is 2. The highest BCUT2D eigenvalue weighted by Crippen LogP contribution is 2.38. The molecule has 0 saturated carbocycles. The highest BCUT2D eigenvalue weighted by atomic mass is 32.1. The summed E-state index contributed by atoms with van der Waals surface area (Å²) in [7, 11) is 1.61. The molecule has 3 aromatic rings. The number of aryl methyl sites for hydroxylation is 1. The van der Waals surface area contributed by atoms with Gasteiger partial charge < -0.3 is 14.0 Å². The highest BCUT2D eigenvalue weighted by molar-refractivity contribution is 7.80. The monoisotopic (exact) mass is 327 g/mol. The largest absolute Gasteiger partial charge is 0.493 e. The van der Waals surface area contributed by atoms with Gasteiger partial charge in [0, 0.05) is 16.5 Å². The molecule has 1 heterocycles. The van der Waals surface area contributed by atoms with Crippen molar-refractivity contribution < 1.29 is 14.0 Å². The molecule has 118 valence electrons. The number of hydrogen-bond acceptors (Lipinski definition) is 5. The molecule has 5 heteroatoms. The normalized spacial score (nSPS) is 10.6. The molecular formula is C18H17NO3S. The lowest BCUT2D eigenvalue weighted by Crippen LogP contribution is -1.98. The summed E-state index contributed by atoms with van der Waals surface area (Å²) in [6, 6.07) is 15.5. The summed E-state index contributed by atoms with van der Waals surface area (Å²) in [4.78, 5) is 0.741. The maximum atomic E-state index is 5.92. The van der Waals surface area contributed by atoms with Gasteiger partial charge in [-0.05, 0) is 24.6 Å². The van der Waals surface area contributed by atoms with Crippen molar-refractivity contribution in [2.24, 2.45) is 0 Å². The SMILES string of the molecule is COc1cc(S)c(-c2cc(C)no2)cc1OCc1ccccc1. The first kappa shape index (κ1) is 15.5. The average Bonchev–Trinajstić information content (AvgIpc) is 3.00. The predicted molar refractivity (Wildman–Crippen MR) is 91.3 cm³/mol. The smallest absolute Gasteiger partial charge is 0.168 e. The van der Waals surface area contributed by atoms with E-state index in [-0.39, 0.29) is 0 Å². The van der Waals surface area contributed by atoms with E-state index in [4.69, 9.17) is 14.0 Å². The molecule has 0 spiro atoms. The Bertz CT molecular complexity index is 799. The molecule has 0 fully saturated rings. The third kappa shape index (κ3) is 3.51. The molecule has 2 aromatic carbocycles. The number of rotatable bonds is 5. The van der Waals surface area contributed by atoms with Gasteiger partial charge in [-0.2, -0.15) is 0 Å². The third-order valence-corrected chi connectivity index (χ3v) is 3.78. The second-order valence-corrected chi connectivity index (χ2v) is 5.61. The Morgan fingerprint density at radius 2 is 1.87 bits per heavy atom. The number of hydrogen-bond donors (Lipinski definition) is 1. The molecule has 0 radical (unpaired) electrons. The average molecular weight is 327 g/mol. The van der Waals surface area contributed by atoms with Crippen molar-refractivity contribution in [3.63, 3.8) is 0 Å².